The van der Waals surface area contributed by atoms with E-state index in [4.69, 9.17) is 4.74 Å². The minimum Gasteiger partial charge on any atom is -0.785 e. The van der Waals surface area contributed by atoms with Crippen molar-refractivity contribution < 1.29 is 9.53 Å². The molecule has 6 heteroatoms. The molecule has 3 heterocycles. The van der Waals surface area contributed by atoms with Gasteiger partial charge in [0.25, 0.3) is 0 Å². The third-order valence-electron chi connectivity index (χ3n) is 5.58. The second-order valence-corrected chi connectivity index (χ2v) is 7.25. The standard InChI is InChI=1S/C19H24N3O3/c1-2-25-18(23)15-4-3-14-9-16-11-20-12-19(5-7-21(24)8-6-19)13-22(16)17(14)10-15/h3-4,9-10,20H,2,5-8,11-13H2,1H3/q-1. The van der Waals surface area contributed by atoms with E-state index in [9.17, 15) is 10.0 Å². The maximum atomic E-state index is 12.1. The van der Waals surface area contributed by atoms with Crippen LogP contribution in [0.4, 0.5) is 0 Å². The molecule has 0 radical (unpaired) electrons. The lowest BCUT2D eigenvalue weighted by Crippen LogP contribution is -2.44. The summed E-state index contributed by atoms with van der Waals surface area (Å²) in [6.45, 7) is 6.03. The van der Waals surface area contributed by atoms with Crippen LogP contribution in [0.5, 0.6) is 0 Å². The van der Waals surface area contributed by atoms with E-state index in [0.717, 1.165) is 43.4 Å². The van der Waals surface area contributed by atoms with E-state index in [0.29, 0.717) is 25.3 Å². The molecule has 134 valence electrons. The average molecular weight is 342 g/mol. The summed E-state index contributed by atoms with van der Waals surface area (Å²) in [5.41, 5.74) is 3.01. The number of aromatic nitrogens is 1. The second kappa shape index (κ2) is 6.44. The maximum absolute atomic E-state index is 12.1. The molecule has 0 amide bonds. The number of carbonyl (C=O) groups is 1. The van der Waals surface area contributed by atoms with Gasteiger partial charge in [-0.25, -0.2) is 4.79 Å². The Morgan fingerprint density at radius 3 is 2.88 bits per heavy atom. The summed E-state index contributed by atoms with van der Waals surface area (Å²) < 4.78 is 7.47. The quantitative estimate of drug-likeness (QED) is 0.849. The van der Waals surface area contributed by atoms with Gasteiger partial charge in [-0.05, 0) is 56.4 Å². The number of carbonyl (C=O) groups excluding carboxylic acids is 1. The molecule has 0 atom stereocenters. The van der Waals surface area contributed by atoms with Gasteiger partial charge in [0.2, 0.25) is 0 Å². The van der Waals surface area contributed by atoms with Gasteiger partial charge in [-0.3, -0.25) is 0 Å². The Morgan fingerprint density at radius 1 is 1.32 bits per heavy atom. The van der Waals surface area contributed by atoms with Crippen LogP contribution < -0.4 is 5.32 Å². The van der Waals surface area contributed by atoms with Gasteiger partial charge in [-0.2, -0.15) is 0 Å². The highest BCUT2D eigenvalue weighted by Gasteiger charge is 2.35. The molecule has 0 bridgehead atoms. The Bertz CT molecular complexity index is 791. The molecule has 1 aromatic heterocycles. The van der Waals surface area contributed by atoms with Crippen LogP contribution >= 0.6 is 0 Å². The number of ether oxygens (including phenoxy) is 1. The summed E-state index contributed by atoms with van der Waals surface area (Å²) in [5.74, 6) is -0.277. The summed E-state index contributed by atoms with van der Waals surface area (Å²) >= 11 is 0. The number of nitrogens with one attached hydrogen (secondary N) is 1. The summed E-state index contributed by atoms with van der Waals surface area (Å²) in [6, 6.07) is 7.97. The van der Waals surface area contributed by atoms with E-state index in [1.807, 2.05) is 25.1 Å². The fraction of sp³-hybridized carbons (Fsp3) is 0.526. The zero-order valence-corrected chi connectivity index (χ0v) is 14.6. The van der Waals surface area contributed by atoms with Crippen molar-refractivity contribution in [3.8, 4) is 0 Å². The summed E-state index contributed by atoms with van der Waals surface area (Å²) in [6.07, 6.45) is 1.81. The first kappa shape index (κ1) is 16.6. The van der Waals surface area contributed by atoms with E-state index in [1.54, 1.807) is 0 Å². The number of hydrogen-bond donors (Lipinski definition) is 1. The second-order valence-electron chi connectivity index (χ2n) is 7.25. The SMILES string of the molecule is CCOC(=O)c1ccc2cc3n(c2c1)CC1(CCN([O-])CC1)CNC3. The lowest BCUT2D eigenvalue weighted by Gasteiger charge is -2.44. The van der Waals surface area contributed by atoms with E-state index in [1.165, 1.54) is 10.8 Å². The number of benzene rings is 1. The fourth-order valence-electron chi connectivity index (χ4n) is 4.13. The minimum absolute atomic E-state index is 0.109. The average Bonchev–Trinajstić information content (AvgIpc) is 2.84. The summed E-state index contributed by atoms with van der Waals surface area (Å²) in [4.78, 5) is 12.1. The Hall–Kier alpha value is -1.89. The molecule has 0 unspecified atom stereocenters. The lowest BCUT2D eigenvalue weighted by atomic mass is 9.78. The maximum Gasteiger partial charge on any atom is 0.338 e. The predicted octanol–water partition coefficient (Wildman–Crippen LogP) is 2.50. The number of fused-ring (bicyclic) bond motifs is 3. The van der Waals surface area contributed by atoms with Crippen molar-refractivity contribution in [2.24, 2.45) is 5.41 Å². The number of rotatable bonds is 2. The van der Waals surface area contributed by atoms with Crippen LogP contribution in [0.1, 0.15) is 35.8 Å². The van der Waals surface area contributed by atoms with Crippen LogP contribution in [-0.4, -0.2) is 41.8 Å². The third-order valence-corrected chi connectivity index (χ3v) is 5.58. The molecule has 0 saturated carbocycles. The lowest BCUT2D eigenvalue weighted by molar-refractivity contribution is 0.0526. The fourth-order valence-corrected chi connectivity index (χ4v) is 4.13. The van der Waals surface area contributed by atoms with E-state index < -0.39 is 0 Å². The van der Waals surface area contributed by atoms with E-state index >= 15 is 0 Å². The van der Waals surface area contributed by atoms with Gasteiger partial charge in [0, 0.05) is 36.3 Å². The normalized spacial score (nSPS) is 20.4. The van der Waals surface area contributed by atoms with Crippen LogP contribution in [0.3, 0.4) is 0 Å². The van der Waals surface area contributed by atoms with Crippen LogP contribution in [0.25, 0.3) is 10.9 Å². The molecule has 1 N–H and O–H groups in total. The van der Waals surface area contributed by atoms with Crippen molar-refractivity contribution in [1.29, 1.82) is 0 Å². The van der Waals surface area contributed by atoms with Crippen molar-refractivity contribution in [3.63, 3.8) is 0 Å². The van der Waals surface area contributed by atoms with E-state index in [2.05, 4.69) is 16.0 Å². The highest BCUT2D eigenvalue weighted by Crippen LogP contribution is 2.36. The number of hydroxylamine groups is 2. The van der Waals surface area contributed by atoms with Crippen LogP contribution in [-0.2, 0) is 17.8 Å². The molecule has 1 saturated heterocycles. The molecular weight excluding hydrogens is 318 g/mol. The zero-order valence-electron chi connectivity index (χ0n) is 14.6. The molecule has 25 heavy (non-hydrogen) atoms. The number of hydrogen-bond acceptors (Lipinski definition) is 5. The number of esters is 1. The molecule has 2 aliphatic heterocycles. The van der Waals surface area contributed by atoms with Gasteiger partial charge in [-0.1, -0.05) is 6.07 Å². The first-order valence-corrected chi connectivity index (χ1v) is 9.02. The monoisotopic (exact) mass is 342 g/mol. The molecule has 4 rings (SSSR count). The van der Waals surface area contributed by atoms with Crippen molar-refractivity contribution in [3.05, 3.63) is 40.7 Å². The Balaban J connectivity index is 1.72. The van der Waals surface area contributed by atoms with Crippen LogP contribution in [0.2, 0.25) is 0 Å². The molecule has 1 aromatic carbocycles. The Labute approximate surface area is 147 Å². The topological polar surface area (TPSA) is 69.6 Å². The molecule has 6 nitrogen and oxygen atoms in total. The first-order chi connectivity index (χ1) is 12.1. The predicted molar refractivity (Wildman–Crippen MR) is 96.2 cm³/mol. The highest BCUT2D eigenvalue weighted by atomic mass is 16.5. The van der Waals surface area contributed by atoms with Crippen molar-refractivity contribution in [1.82, 2.24) is 14.9 Å². The van der Waals surface area contributed by atoms with Crippen molar-refractivity contribution in [2.75, 3.05) is 26.2 Å². The molecular formula is C19H24N3O3-. The van der Waals surface area contributed by atoms with Gasteiger partial charge < -0.3 is 24.9 Å². The van der Waals surface area contributed by atoms with Crippen molar-refractivity contribution in [2.45, 2.75) is 32.9 Å². The highest BCUT2D eigenvalue weighted by molar-refractivity contribution is 5.95. The van der Waals surface area contributed by atoms with Gasteiger partial charge in [-0.15, -0.1) is 0 Å². The number of nitrogens with zero attached hydrogens (tertiary/aromatic N) is 2. The first-order valence-electron chi connectivity index (χ1n) is 9.02. The van der Waals surface area contributed by atoms with Gasteiger partial charge >= 0.3 is 5.97 Å². The Morgan fingerprint density at radius 2 is 2.12 bits per heavy atom. The molecule has 1 spiro atoms. The van der Waals surface area contributed by atoms with Gasteiger partial charge in [0.15, 0.2) is 0 Å². The van der Waals surface area contributed by atoms with Crippen LogP contribution in [0.15, 0.2) is 24.3 Å². The Kier molecular flexibility index (Phi) is 4.27. The van der Waals surface area contributed by atoms with Crippen molar-refractivity contribution >= 4 is 16.9 Å². The largest absolute Gasteiger partial charge is 0.785 e. The molecule has 0 aliphatic carbocycles. The smallest absolute Gasteiger partial charge is 0.338 e. The van der Waals surface area contributed by atoms with Gasteiger partial charge in [0.1, 0.15) is 0 Å². The van der Waals surface area contributed by atoms with Crippen LogP contribution in [0, 0.1) is 10.6 Å². The molecule has 2 aliphatic rings. The minimum atomic E-state index is -0.277. The summed E-state index contributed by atoms with van der Waals surface area (Å²) in [5, 5.41) is 17.5. The molecule has 2 aromatic rings. The summed E-state index contributed by atoms with van der Waals surface area (Å²) in [7, 11) is 0. The number of piperidine rings is 1. The zero-order chi connectivity index (χ0) is 17.4. The van der Waals surface area contributed by atoms with E-state index in [-0.39, 0.29) is 11.4 Å². The molecule has 1 fully saturated rings. The van der Waals surface area contributed by atoms with Gasteiger partial charge in [0.05, 0.1) is 12.2 Å². The third kappa shape index (κ3) is 3.05.